The Morgan fingerprint density at radius 1 is 0.951 bits per heavy atom. The summed E-state index contributed by atoms with van der Waals surface area (Å²) >= 11 is 6.31. The number of halogens is 1. The smallest absolute Gasteiger partial charge is 0.339 e. The molecule has 5 nitrogen and oxygen atoms in total. The number of unbranched alkanes of at least 4 members (excludes halogenated alkanes) is 1. The van der Waals surface area contributed by atoms with Crippen LogP contribution < -0.4 is 0 Å². The number of aryl methyl sites for hydroxylation is 2. The van der Waals surface area contributed by atoms with E-state index < -0.39 is 23.6 Å². The molecule has 1 atom stereocenters. The molecular formula is C35H45ClO5. The number of benzene rings is 2. The molecule has 41 heavy (non-hydrogen) atoms. The van der Waals surface area contributed by atoms with Gasteiger partial charge in [0.05, 0.1) is 12.7 Å². The Hall–Kier alpha value is -3.15. The lowest BCUT2D eigenvalue weighted by Gasteiger charge is -2.31. The molecule has 0 aliphatic carbocycles. The number of hydrogen-bond acceptors (Lipinski definition) is 5. The van der Waals surface area contributed by atoms with Crippen LogP contribution in [0.4, 0.5) is 0 Å². The quantitative estimate of drug-likeness (QED) is 0.196. The maximum absolute atomic E-state index is 13.5. The topological polar surface area (TPSA) is 61.8 Å². The van der Waals surface area contributed by atoms with Crippen LogP contribution in [0.2, 0.25) is 5.02 Å². The van der Waals surface area contributed by atoms with Crippen LogP contribution in [0.3, 0.4) is 0 Å². The van der Waals surface area contributed by atoms with Gasteiger partial charge in [-0.05, 0) is 112 Å². The summed E-state index contributed by atoms with van der Waals surface area (Å²) in [5.41, 5.74) is 7.71. The van der Waals surface area contributed by atoms with E-state index in [0.29, 0.717) is 16.2 Å². The molecule has 6 heteroatoms. The fraction of sp³-hybridized carbons (Fsp3) is 0.429. The molecule has 2 aromatic rings. The first kappa shape index (κ1) is 34.1. The van der Waals surface area contributed by atoms with Crippen LogP contribution in [0.1, 0.15) is 83.6 Å². The van der Waals surface area contributed by atoms with Crippen molar-refractivity contribution in [1.29, 1.82) is 0 Å². The van der Waals surface area contributed by atoms with E-state index in [0.717, 1.165) is 40.7 Å². The molecule has 0 amide bonds. The third-order valence-corrected chi connectivity index (χ3v) is 7.14. The number of carbonyl (C=O) groups is 2. The first-order chi connectivity index (χ1) is 19.2. The van der Waals surface area contributed by atoms with Crippen molar-refractivity contribution in [2.45, 2.75) is 86.9 Å². The fourth-order valence-electron chi connectivity index (χ4n) is 4.46. The Morgan fingerprint density at radius 2 is 1.56 bits per heavy atom. The zero-order chi connectivity index (χ0) is 30.9. The van der Waals surface area contributed by atoms with Gasteiger partial charge in [0.25, 0.3) is 0 Å². The van der Waals surface area contributed by atoms with Crippen molar-refractivity contribution >= 4 is 34.7 Å². The van der Waals surface area contributed by atoms with Crippen molar-refractivity contribution in [2.24, 2.45) is 0 Å². The molecule has 0 aliphatic heterocycles. The highest BCUT2D eigenvalue weighted by Gasteiger charge is 2.35. The van der Waals surface area contributed by atoms with Gasteiger partial charge in [0.2, 0.25) is 0 Å². The molecule has 0 aromatic heterocycles. The summed E-state index contributed by atoms with van der Waals surface area (Å²) in [5.74, 6) is -0.951. The largest absolute Gasteiger partial charge is 0.467 e. The molecular weight excluding hydrogens is 536 g/mol. The highest BCUT2D eigenvalue weighted by molar-refractivity contribution is 6.30. The van der Waals surface area contributed by atoms with Gasteiger partial charge in [-0.15, -0.1) is 0 Å². The summed E-state index contributed by atoms with van der Waals surface area (Å²) in [4.78, 5) is 25.5. The van der Waals surface area contributed by atoms with Gasteiger partial charge in [0, 0.05) is 17.5 Å². The summed E-state index contributed by atoms with van der Waals surface area (Å²) in [6.45, 7) is 17.4. The van der Waals surface area contributed by atoms with E-state index in [-0.39, 0.29) is 6.61 Å². The van der Waals surface area contributed by atoms with E-state index in [1.165, 1.54) is 25.2 Å². The van der Waals surface area contributed by atoms with Crippen LogP contribution in [0.5, 0.6) is 0 Å². The molecule has 0 saturated carbocycles. The molecule has 0 fully saturated rings. The minimum atomic E-state index is -1.09. The number of carbonyl (C=O) groups excluding carboxylic acids is 2. The van der Waals surface area contributed by atoms with Gasteiger partial charge in [-0.3, -0.25) is 4.79 Å². The minimum absolute atomic E-state index is 0.0152. The molecule has 0 saturated heterocycles. The van der Waals surface area contributed by atoms with E-state index in [1.54, 1.807) is 0 Å². The predicted molar refractivity (Wildman–Crippen MR) is 169 cm³/mol. The summed E-state index contributed by atoms with van der Waals surface area (Å²) in [6.07, 6.45) is 2.52. The molecule has 0 heterocycles. The van der Waals surface area contributed by atoms with Crippen molar-refractivity contribution in [3.8, 4) is 0 Å². The molecule has 2 aromatic carbocycles. The second-order valence-corrected chi connectivity index (χ2v) is 11.7. The van der Waals surface area contributed by atoms with Crippen LogP contribution in [-0.2, 0) is 23.8 Å². The van der Waals surface area contributed by atoms with Crippen molar-refractivity contribution in [3.05, 3.63) is 92.5 Å². The molecule has 0 aliphatic rings. The third-order valence-electron chi connectivity index (χ3n) is 6.88. The molecule has 222 valence electrons. The number of ether oxygens (including phenoxy) is 3. The Morgan fingerprint density at radius 3 is 2.07 bits per heavy atom. The molecule has 2 rings (SSSR count). The first-order valence-electron chi connectivity index (χ1n) is 14.0. The van der Waals surface area contributed by atoms with Crippen LogP contribution in [-0.4, -0.2) is 37.4 Å². The van der Waals surface area contributed by atoms with Gasteiger partial charge in [-0.2, -0.15) is 0 Å². The lowest BCUT2D eigenvalue weighted by Crippen LogP contribution is -2.37. The average Bonchev–Trinajstić information content (AvgIpc) is 2.91. The maximum Gasteiger partial charge on any atom is 0.339 e. The standard InChI is InChI=1S/C35H45ClO5/c1-11-12-13-29(21-40-26(6)37)32(33(34(38)39-10)41-35(7,8)9)31(27-16-18-30(36)19-17-27)25(5)24(4)28-15-14-22(2)23(3)20-28/h13-20,33H,11-12,21H2,1-10H3. The van der Waals surface area contributed by atoms with Crippen molar-refractivity contribution in [3.63, 3.8) is 0 Å². The van der Waals surface area contributed by atoms with Crippen molar-refractivity contribution in [2.75, 3.05) is 13.7 Å². The summed E-state index contributed by atoms with van der Waals surface area (Å²) in [5, 5.41) is 0.597. The number of rotatable bonds is 11. The van der Waals surface area contributed by atoms with Gasteiger partial charge in [-0.1, -0.05) is 61.4 Å². The van der Waals surface area contributed by atoms with Gasteiger partial charge in [0.15, 0.2) is 6.10 Å². The van der Waals surface area contributed by atoms with Gasteiger partial charge in [0.1, 0.15) is 6.61 Å². The zero-order valence-electron chi connectivity index (χ0n) is 26.2. The minimum Gasteiger partial charge on any atom is -0.467 e. The number of hydrogen-bond donors (Lipinski definition) is 0. The SMILES string of the molecule is CCCC=C(COC(C)=O)C(=C(C(C)=C(C)c1ccc(C)c(C)c1)c1ccc(Cl)cc1)C(OC(C)(C)C)C(=O)OC. The van der Waals surface area contributed by atoms with Gasteiger partial charge in [-0.25, -0.2) is 4.79 Å². The van der Waals surface area contributed by atoms with Gasteiger partial charge < -0.3 is 14.2 Å². The molecule has 0 spiro atoms. The number of esters is 2. The van der Waals surface area contributed by atoms with Crippen LogP contribution in [0, 0.1) is 13.8 Å². The third kappa shape index (κ3) is 9.72. The van der Waals surface area contributed by atoms with E-state index in [4.69, 9.17) is 25.8 Å². The average molecular weight is 581 g/mol. The van der Waals surface area contributed by atoms with Crippen molar-refractivity contribution < 1.29 is 23.8 Å². The summed E-state index contributed by atoms with van der Waals surface area (Å²) in [6, 6.07) is 13.9. The lowest BCUT2D eigenvalue weighted by atomic mass is 9.83. The summed E-state index contributed by atoms with van der Waals surface area (Å²) < 4.78 is 17.3. The zero-order valence-corrected chi connectivity index (χ0v) is 27.0. The highest BCUT2D eigenvalue weighted by atomic mass is 35.5. The van der Waals surface area contributed by atoms with Crippen LogP contribution in [0.25, 0.3) is 11.1 Å². The number of allylic oxidation sites excluding steroid dienone is 4. The Labute approximate surface area is 251 Å². The van der Waals surface area contributed by atoms with Crippen molar-refractivity contribution in [1.82, 2.24) is 0 Å². The monoisotopic (exact) mass is 580 g/mol. The van der Waals surface area contributed by atoms with E-state index in [9.17, 15) is 9.59 Å². The van der Waals surface area contributed by atoms with E-state index >= 15 is 0 Å². The fourth-order valence-corrected chi connectivity index (χ4v) is 4.59. The molecule has 0 radical (unpaired) electrons. The highest BCUT2D eigenvalue weighted by Crippen LogP contribution is 2.39. The molecule has 0 bridgehead atoms. The van der Waals surface area contributed by atoms with E-state index in [1.807, 2.05) is 58.0 Å². The predicted octanol–water partition coefficient (Wildman–Crippen LogP) is 8.85. The van der Waals surface area contributed by atoms with E-state index in [2.05, 4.69) is 45.9 Å². The van der Waals surface area contributed by atoms with Crippen LogP contribution in [0.15, 0.2) is 65.3 Å². The maximum atomic E-state index is 13.5. The van der Waals surface area contributed by atoms with Crippen LogP contribution >= 0.6 is 11.6 Å². The lowest BCUT2D eigenvalue weighted by molar-refractivity contribution is -0.159. The molecule has 1 unspecified atom stereocenters. The Balaban J connectivity index is 3.15. The first-order valence-corrected chi connectivity index (χ1v) is 14.4. The normalized spacial score (nSPS) is 14.2. The second kappa shape index (κ2) is 15.2. The van der Waals surface area contributed by atoms with Gasteiger partial charge >= 0.3 is 11.9 Å². The Bertz CT molecular complexity index is 1320. The number of methoxy groups -OCH3 is 1. The Kier molecular flexibility index (Phi) is 12.6. The molecule has 0 N–H and O–H groups in total. The second-order valence-electron chi connectivity index (χ2n) is 11.3. The summed E-state index contributed by atoms with van der Waals surface area (Å²) in [7, 11) is 1.35.